The van der Waals surface area contributed by atoms with Gasteiger partial charge in [0.15, 0.2) is 0 Å². The number of carbonyl (C=O) groups excluding carboxylic acids is 3. The molecule has 6 nitrogen and oxygen atoms in total. The van der Waals surface area contributed by atoms with Crippen molar-refractivity contribution in [1.82, 2.24) is 10.6 Å². The number of amides is 4. The molecule has 2 rings (SSSR count). The number of benzene rings is 1. The van der Waals surface area contributed by atoms with Crippen LogP contribution in [0.15, 0.2) is 24.3 Å². The molecule has 1 fully saturated rings. The van der Waals surface area contributed by atoms with E-state index in [1.165, 1.54) is 0 Å². The fraction of sp³-hybridized carbons (Fsp3) is 0.333. The van der Waals surface area contributed by atoms with Crippen LogP contribution in [0.2, 0.25) is 0 Å². The molecule has 1 aromatic rings. The minimum absolute atomic E-state index is 0. The second-order valence-electron chi connectivity index (χ2n) is 5.29. The first-order chi connectivity index (χ1) is 9.39. The Morgan fingerprint density at radius 1 is 1.27 bits per heavy atom. The first-order valence-corrected chi connectivity index (χ1v) is 6.35. The first-order valence-electron chi connectivity index (χ1n) is 6.35. The van der Waals surface area contributed by atoms with Gasteiger partial charge in [0.25, 0.3) is 0 Å². The molecule has 0 aliphatic carbocycles. The maximum absolute atomic E-state index is 12.0. The molecule has 0 aromatic heterocycles. The van der Waals surface area contributed by atoms with E-state index in [0.29, 0.717) is 5.69 Å². The van der Waals surface area contributed by atoms with Gasteiger partial charge in [0.05, 0.1) is 5.41 Å². The van der Waals surface area contributed by atoms with Gasteiger partial charge in [-0.15, -0.1) is 0 Å². The van der Waals surface area contributed by atoms with Gasteiger partial charge in [0, 0.05) is 37.2 Å². The molecule has 1 heterocycles. The standard InChI is InChI=1S/C14H17N3O3.CH3.V/c1-9-3-5-10(6-4-9)16-11(18)7-14(2)8-15-13(20)17-12(14)19;;/h3-6H,7-8H2,1-2H3,(H,16,18)(H2,15,17,19,20);1H3;/q;-1;. The van der Waals surface area contributed by atoms with Gasteiger partial charge in [-0.3, -0.25) is 14.9 Å². The minimum Gasteiger partial charge on any atom is -0.358 e. The monoisotopic (exact) mass is 341 g/mol. The van der Waals surface area contributed by atoms with Gasteiger partial charge in [0.2, 0.25) is 11.8 Å². The van der Waals surface area contributed by atoms with E-state index in [-0.39, 0.29) is 44.9 Å². The van der Waals surface area contributed by atoms with Crippen LogP contribution in [0.3, 0.4) is 0 Å². The SMILES string of the molecule is Cc1ccc(NC(=O)CC2(C)CNC(=O)NC2=O)cc1.[CH3-].[V]. The maximum atomic E-state index is 12.0. The third kappa shape index (κ3) is 4.89. The second-order valence-corrected chi connectivity index (χ2v) is 5.29. The van der Waals surface area contributed by atoms with E-state index >= 15 is 0 Å². The van der Waals surface area contributed by atoms with E-state index in [1.807, 2.05) is 19.1 Å². The third-order valence-electron chi connectivity index (χ3n) is 3.30. The molecule has 0 saturated carbocycles. The summed E-state index contributed by atoms with van der Waals surface area (Å²) in [5, 5.41) is 7.45. The van der Waals surface area contributed by atoms with Crippen molar-refractivity contribution >= 4 is 23.5 Å². The van der Waals surface area contributed by atoms with Gasteiger partial charge < -0.3 is 18.1 Å². The molecular weight excluding hydrogens is 321 g/mol. The Morgan fingerprint density at radius 2 is 1.86 bits per heavy atom. The molecule has 1 radical (unpaired) electrons. The fourth-order valence-electron chi connectivity index (χ4n) is 1.99. The molecule has 1 aliphatic rings. The number of imide groups is 1. The van der Waals surface area contributed by atoms with Crippen molar-refractivity contribution in [2.45, 2.75) is 20.3 Å². The largest absolute Gasteiger partial charge is 0.358 e. The van der Waals surface area contributed by atoms with E-state index in [4.69, 9.17) is 0 Å². The summed E-state index contributed by atoms with van der Waals surface area (Å²) >= 11 is 0. The molecule has 1 atom stereocenters. The van der Waals surface area contributed by atoms with Crippen LogP contribution < -0.4 is 16.0 Å². The van der Waals surface area contributed by atoms with Crippen molar-refractivity contribution in [3.63, 3.8) is 0 Å². The maximum Gasteiger partial charge on any atom is 0.321 e. The Hall–Kier alpha value is -1.79. The van der Waals surface area contributed by atoms with Crippen molar-refractivity contribution in [2.24, 2.45) is 5.41 Å². The summed E-state index contributed by atoms with van der Waals surface area (Å²) in [4.78, 5) is 34.8. The zero-order valence-corrected chi connectivity index (χ0v) is 14.3. The van der Waals surface area contributed by atoms with Gasteiger partial charge in [-0.1, -0.05) is 17.7 Å². The first kappa shape index (κ1) is 20.2. The van der Waals surface area contributed by atoms with Crippen LogP contribution in [0.1, 0.15) is 18.9 Å². The zero-order valence-electron chi connectivity index (χ0n) is 12.9. The van der Waals surface area contributed by atoms with Crippen molar-refractivity contribution < 1.29 is 32.9 Å². The van der Waals surface area contributed by atoms with Gasteiger partial charge in [-0.05, 0) is 26.0 Å². The van der Waals surface area contributed by atoms with Crippen molar-refractivity contribution in [1.29, 1.82) is 0 Å². The van der Waals surface area contributed by atoms with E-state index in [1.54, 1.807) is 19.1 Å². The molecule has 3 N–H and O–H groups in total. The van der Waals surface area contributed by atoms with E-state index < -0.39 is 17.4 Å². The van der Waals surface area contributed by atoms with Gasteiger partial charge in [0.1, 0.15) is 0 Å². The Bertz CT molecular complexity index is 560. The number of hydrogen-bond donors (Lipinski definition) is 3. The van der Waals surface area contributed by atoms with Crippen LogP contribution in [-0.4, -0.2) is 24.4 Å². The predicted molar refractivity (Wildman–Crippen MR) is 80.5 cm³/mol. The average molecular weight is 341 g/mol. The van der Waals surface area contributed by atoms with Crippen LogP contribution in [0.25, 0.3) is 0 Å². The molecule has 1 saturated heterocycles. The molecule has 0 spiro atoms. The molecular formula is C15H20N3O3V-. The molecule has 0 bridgehead atoms. The Balaban J connectivity index is 0.00000220. The Kier molecular flexibility index (Phi) is 7.36. The predicted octanol–water partition coefficient (Wildman–Crippen LogP) is 1.62. The number of rotatable bonds is 3. The summed E-state index contributed by atoms with van der Waals surface area (Å²) in [5.74, 6) is -0.692. The summed E-state index contributed by atoms with van der Waals surface area (Å²) in [6.07, 6.45) is 0.00693. The van der Waals surface area contributed by atoms with Crippen molar-refractivity contribution in [3.8, 4) is 0 Å². The van der Waals surface area contributed by atoms with Gasteiger partial charge >= 0.3 is 6.03 Å². The van der Waals surface area contributed by atoms with Crippen molar-refractivity contribution in [2.75, 3.05) is 11.9 Å². The van der Waals surface area contributed by atoms with E-state index in [9.17, 15) is 14.4 Å². The number of nitrogens with one attached hydrogen (secondary N) is 3. The smallest absolute Gasteiger partial charge is 0.321 e. The summed E-state index contributed by atoms with van der Waals surface area (Å²) in [6, 6.07) is 6.87. The van der Waals surface area contributed by atoms with Crippen LogP contribution in [0, 0.1) is 19.8 Å². The van der Waals surface area contributed by atoms with Crippen LogP contribution >= 0.6 is 0 Å². The minimum atomic E-state index is -0.928. The molecule has 1 aromatic carbocycles. The van der Waals surface area contributed by atoms with Gasteiger partial charge in [-0.2, -0.15) is 0 Å². The quantitative estimate of drug-likeness (QED) is 0.730. The number of anilines is 1. The van der Waals surface area contributed by atoms with Gasteiger partial charge in [-0.25, -0.2) is 4.79 Å². The molecule has 4 amide bonds. The normalized spacial score (nSPS) is 19.9. The zero-order chi connectivity index (χ0) is 14.8. The summed E-state index contributed by atoms with van der Waals surface area (Å²) in [7, 11) is 0. The Labute approximate surface area is 142 Å². The average Bonchev–Trinajstić information content (AvgIpc) is 2.37. The number of hydrogen-bond acceptors (Lipinski definition) is 3. The second kappa shape index (κ2) is 8.01. The van der Waals surface area contributed by atoms with E-state index in [0.717, 1.165) is 5.56 Å². The van der Waals surface area contributed by atoms with Crippen LogP contribution in [0.4, 0.5) is 10.5 Å². The molecule has 7 heteroatoms. The Morgan fingerprint density at radius 3 is 2.41 bits per heavy atom. The molecule has 1 unspecified atom stereocenters. The summed E-state index contributed by atoms with van der Waals surface area (Å²) in [6.45, 7) is 3.76. The van der Waals surface area contributed by atoms with E-state index in [2.05, 4.69) is 16.0 Å². The van der Waals surface area contributed by atoms with Crippen molar-refractivity contribution in [3.05, 3.63) is 37.3 Å². The number of urea groups is 1. The van der Waals surface area contributed by atoms with Crippen LogP contribution in [0.5, 0.6) is 0 Å². The number of carbonyl (C=O) groups is 3. The molecule has 22 heavy (non-hydrogen) atoms. The molecule has 119 valence electrons. The topological polar surface area (TPSA) is 87.3 Å². The summed E-state index contributed by atoms with van der Waals surface area (Å²) < 4.78 is 0. The third-order valence-corrected chi connectivity index (χ3v) is 3.30. The molecule has 1 aliphatic heterocycles. The summed E-state index contributed by atoms with van der Waals surface area (Å²) in [5.41, 5.74) is 0.858. The van der Waals surface area contributed by atoms with Crippen LogP contribution in [-0.2, 0) is 28.1 Å². The number of aryl methyl sites for hydroxylation is 1. The fourth-order valence-corrected chi connectivity index (χ4v) is 1.99.